The van der Waals surface area contributed by atoms with Crippen molar-refractivity contribution in [1.82, 2.24) is 0 Å². The van der Waals surface area contributed by atoms with Crippen LogP contribution in [0, 0.1) is 6.92 Å². The van der Waals surface area contributed by atoms with E-state index >= 15 is 0 Å². The van der Waals surface area contributed by atoms with Gasteiger partial charge in [-0.05, 0) is 31.0 Å². The molecule has 0 fully saturated rings. The summed E-state index contributed by atoms with van der Waals surface area (Å²) in [6.07, 6.45) is 1.00. The van der Waals surface area contributed by atoms with Crippen molar-refractivity contribution < 1.29 is 9.59 Å². The second-order valence-corrected chi connectivity index (χ2v) is 4.26. The lowest BCUT2D eigenvalue weighted by Crippen LogP contribution is -2.26. The standard InChI is InChI=1S/C13H19N3O2/c1-3-9(14)7-12(17)16-11-6-4-5-10(8(11)2)13(15)18/h4-6,9H,3,7,14H2,1-2H3,(H2,15,18)(H,16,17). The van der Waals surface area contributed by atoms with E-state index in [0.29, 0.717) is 16.8 Å². The third-order valence-corrected chi connectivity index (χ3v) is 2.85. The third kappa shape index (κ3) is 3.56. The number of amides is 2. The van der Waals surface area contributed by atoms with Gasteiger partial charge in [-0.3, -0.25) is 9.59 Å². The summed E-state index contributed by atoms with van der Waals surface area (Å²) in [4.78, 5) is 22.9. The number of nitrogens with two attached hydrogens (primary N) is 2. The van der Waals surface area contributed by atoms with E-state index in [9.17, 15) is 9.59 Å². The highest BCUT2D eigenvalue weighted by Crippen LogP contribution is 2.18. The van der Waals surface area contributed by atoms with E-state index in [1.54, 1.807) is 25.1 Å². The van der Waals surface area contributed by atoms with Crippen molar-refractivity contribution in [3.05, 3.63) is 29.3 Å². The Morgan fingerprint density at radius 2 is 2.06 bits per heavy atom. The number of hydrogen-bond acceptors (Lipinski definition) is 3. The zero-order chi connectivity index (χ0) is 13.7. The van der Waals surface area contributed by atoms with Crippen molar-refractivity contribution in [3.63, 3.8) is 0 Å². The molecule has 0 saturated carbocycles. The maximum Gasteiger partial charge on any atom is 0.249 e. The average molecular weight is 249 g/mol. The van der Waals surface area contributed by atoms with Crippen LogP contribution in [0.2, 0.25) is 0 Å². The van der Waals surface area contributed by atoms with Crippen LogP contribution in [0.4, 0.5) is 5.69 Å². The van der Waals surface area contributed by atoms with E-state index in [1.807, 2.05) is 6.92 Å². The lowest BCUT2D eigenvalue weighted by Gasteiger charge is -2.12. The van der Waals surface area contributed by atoms with Gasteiger partial charge in [-0.15, -0.1) is 0 Å². The summed E-state index contributed by atoms with van der Waals surface area (Å²) in [5, 5.41) is 2.74. The summed E-state index contributed by atoms with van der Waals surface area (Å²) in [7, 11) is 0. The van der Waals surface area contributed by atoms with Crippen molar-refractivity contribution in [1.29, 1.82) is 0 Å². The molecule has 5 N–H and O–H groups in total. The number of carbonyl (C=O) groups excluding carboxylic acids is 2. The van der Waals surface area contributed by atoms with Gasteiger partial charge in [-0.2, -0.15) is 0 Å². The molecule has 1 rings (SSSR count). The normalized spacial score (nSPS) is 11.9. The predicted molar refractivity (Wildman–Crippen MR) is 71.2 cm³/mol. The van der Waals surface area contributed by atoms with E-state index < -0.39 is 5.91 Å². The van der Waals surface area contributed by atoms with E-state index in [1.165, 1.54) is 0 Å². The molecular formula is C13H19N3O2. The van der Waals surface area contributed by atoms with Gasteiger partial charge >= 0.3 is 0 Å². The first kappa shape index (κ1) is 14.2. The largest absolute Gasteiger partial charge is 0.366 e. The summed E-state index contributed by atoms with van der Waals surface area (Å²) in [6, 6.07) is 4.90. The Bertz CT molecular complexity index is 458. The Balaban J connectivity index is 2.82. The summed E-state index contributed by atoms with van der Waals surface area (Å²) in [5.41, 5.74) is 12.6. The molecule has 1 atom stereocenters. The van der Waals surface area contributed by atoms with E-state index in [2.05, 4.69) is 5.32 Å². The van der Waals surface area contributed by atoms with Crippen LogP contribution in [0.3, 0.4) is 0 Å². The number of hydrogen-bond donors (Lipinski definition) is 3. The monoisotopic (exact) mass is 249 g/mol. The maximum atomic E-state index is 11.7. The molecule has 0 bridgehead atoms. The van der Waals surface area contributed by atoms with Crippen LogP contribution in [-0.2, 0) is 4.79 Å². The van der Waals surface area contributed by atoms with Crippen LogP contribution in [0.25, 0.3) is 0 Å². The number of benzene rings is 1. The minimum absolute atomic E-state index is 0.148. The van der Waals surface area contributed by atoms with E-state index in [4.69, 9.17) is 11.5 Å². The Hall–Kier alpha value is -1.88. The molecule has 5 nitrogen and oxygen atoms in total. The van der Waals surface area contributed by atoms with Gasteiger partial charge in [0.2, 0.25) is 11.8 Å². The Morgan fingerprint density at radius 1 is 1.39 bits per heavy atom. The first-order chi connectivity index (χ1) is 8.45. The first-order valence-electron chi connectivity index (χ1n) is 5.90. The van der Waals surface area contributed by atoms with E-state index in [0.717, 1.165) is 6.42 Å². The van der Waals surface area contributed by atoms with E-state index in [-0.39, 0.29) is 18.4 Å². The molecule has 1 aromatic carbocycles. The van der Waals surface area contributed by atoms with Crippen LogP contribution in [0.15, 0.2) is 18.2 Å². The smallest absolute Gasteiger partial charge is 0.249 e. The molecule has 0 radical (unpaired) electrons. The highest BCUT2D eigenvalue weighted by molar-refractivity contribution is 5.98. The molecule has 0 saturated heterocycles. The first-order valence-corrected chi connectivity index (χ1v) is 5.90. The van der Waals surface area contributed by atoms with Crippen LogP contribution >= 0.6 is 0 Å². The molecule has 98 valence electrons. The van der Waals surface area contributed by atoms with Crippen LogP contribution in [0.1, 0.15) is 35.7 Å². The fourth-order valence-electron chi connectivity index (χ4n) is 1.62. The molecule has 1 aromatic rings. The van der Waals surface area contributed by atoms with Gasteiger partial charge in [-0.1, -0.05) is 13.0 Å². The highest BCUT2D eigenvalue weighted by atomic mass is 16.2. The Labute approximate surface area is 107 Å². The number of carbonyl (C=O) groups is 2. The second kappa shape index (κ2) is 6.16. The highest BCUT2D eigenvalue weighted by Gasteiger charge is 2.12. The van der Waals surface area contributed by atoms with Gasteiger partial charge in [0, 0.05) is 23.7 Å². The number of rotatable bonds is 5. The van der Waals surface area contributed by atoms with Gasteiger partial charge in [0.25, 0.3) is 0 Å². The van der Waals surface area contributed by atoms with Gasteiger partial charge < -0.3 is 16.8 Å². The fraction of sp³-hybridized carbons (Fsp3) is 0.385. The molecule has 5 heteroatoms. The molecule has 2 amide bonds. The van der Waals surface area contributed by atoms with Crippen molar-refractivity contribution in [2.24, 2.45) is 11.5 Å². The zero-order valence-corrected chi connectivity index (χ0v) is 10.7. The van der Waals surface area contributed by atoms with Crippen molar-refractivity contribution in [2.75, 3.05) is 5.32 Å². The SMILES string of the molecule is CCC(N)CC(=O)Nc1cccc(C(N)=O)c1C. The zero-order valence-electron chi connectivity index (χ0n) is 10.7. The number of anilines is 1. The second-order valence-electron chi connectivity index (χ2n) is 4.26. The molecule has 0 aromatic heterocycles. The lowest BCUT2D eigenvalue weighted by molar-refractivity contribution is -0.116. The number of primary amides is 1. The molecule has 0 aliphatic rings. The van der Waals surface area contributed by atoms with Crippen LogP contribution < -0.4 is 16.8 Å². The molecule has 0 aliphatic heterocycles. The van der Waals surface area contributed by atoms with Crippen molar-refractivity contribution in [2.45, 2.75) is 32.7 Å². The van der Waals surface area contributed by atoms with Crippen LogP contribution in [0.5, 0.6) is 0 Å². The van der Waals surface area contributed by atoms with Gasteiger partial charge in [-0.25, -0.2) is 0 Å². The minimum Gasteiger partial charge on any atom is -0.366 e. The Morgan fingerprint density at radius 3 is 2.61 bits per heavy atom. The van der Waals surface area contributed by atoms with Crippen molar-refractivity contribution in [3.8, 4) is 0 Å². The minimum atomic E-state index is -0.506. The molecule has 18 heavy (non-hydrogen) atoms. The summed E-state index contributed by atoms with van der Waals surface area (Å²) in [6.45, 7) is 3.67. The van der Waals surface area contributed by atoms with Crippen LogP contribution in [-0.4, -0.2) is 17.9 Å². The third-order valence-electron chi connectivity index (χ3n) is 2.85. The van der Waals surface area contributed by atoms with Gasteiger partial charge in [0.15, 0.2) is 0 Å². The predicted octanol–water partition coefficient (Wildman–Crippen LogP) is 1.16. The van der Waals surface area contributed by atoms with Gasteiger partial charge in [0.1, 0.15) is 0 Å². The summed E-state index contributed by atoms with van der Waals surface area (Å²) < 4.78 is 0. The summed E-state index contributed by atoms with van der Waals surface area (Å²) in [5.74, 6) is -0.664. The molecule has 0 spiro atoms. The lowest BCUT2D eigenvalue weighted by atomic mass is 10.1. The topological polar surface area (TPSA) is 98.2 Å². The maximum absolute atomic E-state index is 11.7. The molecule has 0 aliphatic carbocycles. The molecule has 0 heterocycles. The number of nitrogens with one attached hydrogen (secondary N) is 1. The molecule has 1 unspecified atom stereocenters. The quantitative estimate of drug-likeness (QED) is 0.730. The molecular weight excluding hydrogens is 230 g/mol. The Kier molecular flexibility index (Phi) is 4.85. The van der Waals surface area contributed by atoms with Gasteiger partial charge in [0.05, 0.1) is 0 Å². The average Bonchev–Trinajstić information content (AvgIpc) is 2.31. The van der Waals surface area contributed by atoms with Crippen molar-refractivity contribution >= 4 is 17.5 Å². The fourth-order valence-corrected chi connectivity index (χ4v) is 1.62. The summed E-state index contributed by atoms with van der Waals surface area (Å²) >= 11 is 0.